The summed E-state index contributed by atoms with van der Waals surface area (Å²) in [5.74, 6) is 0.240. The van der Waals surface area contributed by atoms with Gasteiger partial charge in [-0.05, 0) is 38.7 Å². The van der Waals surface area contributed by atoms with E-state index in [-0.39, 0.29) is 24.9 Å². The summed E-state index contributed by atoms with van der Waals surface area (Å²) in [6.07, 6.45) is 7.54. The van der Waals surface area contributed by atoms with Crippen molar-refractivity contribution < 1.29 is 9.59 Å². The maximum atomic E-state index is 12.8. The Labute approximate surface area is 225 Å². The summed E-state index contributed by atoms with van der Waals surface area (Å²) in [6, 6.07) is 3.26. The number of carbonyl (C=O) groups excluding carboxylic acids is 2. The molecule has 2 saturated carbocycles. The number of fused-ring (bicyclic) bond motifs is 2. The number of likely N-dealkylation sites (N-methyl/N-ethyl adjacent to an activating group) is 1. The third-order valence-electron chi connectivity index (χ3n) is 8.06. The quantitative estimate of drug-likeness (QED) is 0.449. The zero-order valence-corrected chi connectivity index (χ0v) is 23.2. The molecule has 3 heterocycles. The fourth-order valence-corrected chi connectivity index (χ4v) is 7.59. The molecule has 0 atom stereocenters. The van der Waals surface area contributed by atoms with Crippen LogP contribution in [0.1, 0.15) is 44.1 Å². The van der Waals surface area contributed by atoms with E-state index in [1.165, 1.54) is 25.7 Å². The number of nitrogens with one attached hydrogen (secondary N) is 2. The third kappa shape index (κ3) is 5.26. The lowest BCUT2D eigenvalue weighted by Gasteiger charge is -2.38. The van der Waals surface area contributed by atoms with Crippen LogP contribution >= 0.6 is 22.7 Å². The number of anilines is 2. The van der Waals surface area contributed by atoms with Crippen molar-refractivity contribution in [3.63, 3.8) is 0 Å². The minimum absolute atomic E-state index is 0.0992. The van der Waals surface area contributed by atoms with Gasteiger partial charge in [-0.2, -0.15) is 0 Å². The Morgan fingerprint density at radius 1 is 0.946 bits per heavy atom. The van der Waals surface area contributed by atoms with E-state index in [0.29, 0.717) is 6.04 Å². The summed E-state index contributed by atoms with van der Waals surface area (Å²) < 4.78 is 2.15. The number of benzene rings is 1. The molecule has 0 radical (unpaired) electrons. The first kappa shape index (κ1) is 24.8. The lowest BCUT2D eigenvalue weighted by atomic mass is 10.2. The van der Waals surface area contributed by atoms with Gasteiger partial charge in [0.05, 0.1) is 33.5 Å². The van der Waals surface area contributed by atoms with Gasteiger partial charge in [-0.25, -0.2) is 9.97 Å². The monoisotopic (exact) mass is 541 g/mol. The molecule has 6 rings (SSSR count). The summed E-state index contributed by atoms with van der Waals surface area (Å²) in [5.41, 5.74) is 2.85. The number of nitrogens with zero attached hydrogens (tertiary/aromatic N) is 5. The maximum absolute atomic E-state index is 12.8. The van der Waals surface area contributed by atoms with E-state index in [9.17, 15) is 9.59 Å². The molecule has 2 N–H and O–H groups in total. The normalized spacial score (nSPS) is 19.1. The second-order valence-electron chi connectivity index (χ2n) is 10.5. The number of carbonyl (C=O) groups is 2. The minimum atomic E-state index is 0.0992. The Bertz CT molecular complexity index is 1300. The van der Waals surface area contributed by atoms with Crippen LogP contribution in [0.15, 0.2) is 6.07 Å². The van der Waals surface area contributed by atoms with Crippen molar-refractivity contribution >= 4 is 65.2 Å². The number of amides is 2. The largest absolute Gasteiger partial charge is 0.352 e. The molecule has 3 aromatic rings. The molecule has 9 nitrogen and oxygen atoms in total. The van der Waals surface area contributed by atoms with Gasteiger partial charge >= 0.3 is 0 Å². The molecule has 2 aliphatic carbocycles. The first-order valence-electron chi connectivity index (χ1n) is 13.4. The number of thiazole rings is 2. The molecule has 11 heteroatoms. The molecule has 2 amide bonds. The highest BCUT2D eigenvalue weighted by molar-refractivity contribution is 7.24. The van der Waals surface area contributed by atoms with Crippen LogP contribution in [0.2, 0.25) is 0 Å². The van der Waals surface area contributed by atoms with Gasteiger partial charge in [0, 0.05) is 50.9 Å². The van der Waals surface area contributed by atoms with E-state index in [1.807, 2.05) is 23.8 Å². The van der Waals surface area contributed by atoms with Gasteiger partial charge < -0.3 is 20.4 Å². The highest BCUT2D eigenvalue weighted by atomic mass is 32.1. The summed E-state index contributed by atoms with van der Waals surface area (Å²) in [4.78, 5) is 41.1. The fourth-order valence-electron chi connectivity index (χ4n) is 5.59. The summed E-state index contributed by atoms with van der Waals surface area (Å²) >= 11 is 3.13. The van der Waals surface area contributed by atoms with Crippen molar-refractivity contribution in [3.8, 4) is 0 Å². The molecule has 1 saturated heterocycles. The zero-order chi connectivity index (χ0) is 25.5. The Hall–Kier alpha value is -2.50. The van der Waals surface area contributed by atoms with E-state index in [4.69, 9.17) is 9.97 Å². The average molecular weight is 542 g/mol. The van der Waals surface area contributed by atoms with E-state index < -0.39 is 0 Å². The van der Waals surface area contributed by atoms with Crippen molar-refractivity contribution in [3.05, 3.63) is 11.6 Å². The molecule has 0 spiro atoms. The van der Waals surface area contributed by atoms with Crippen molar-refractivity contribution in [2.75, 3.05) is 56.9 Å². The van der Waals surface area contributed by atoms with E-state index in [0.717, 1.165) is 81.3 Å². The smallest absolute Gasteiger partial charge is 0.242 e. The Balaban J connectivity index is 1.06. The van der Waals surface area contributed by atoms with Crippen LogP contribution in [-0.4, -0.2) is 94.9 Å². The molecular formula is C26H35N7O2S2. The SMILES string of the molecule is Cc1c2nc(NCC(=O)N3CCN(C4CCCC4)CC3)sc2cc2sc(NCC(=O)N(C)C3CC3)nc12. The third-order valence-corrected chi connectivity index (χ3v) is 9.98. The van der Waals surface area contributed by atoms with E-state index in [2.05, 4.69) is 21.6 Å². The van der Waals surface area contributed by atoms with Gasteiger partial charge in [0.15, 0.2) is 10.3 Å². The summed E-state index contributed by atoms with van der Waals surface area (Å²) in [5, 5.41) is 8.00. The van der Waals surface area contributed by atoms with E-state index >= 15 is 0 Å². The first-order valence-corrected chi connectivity index (χ1v) is 15.1. The minimum Gasteiger partial charge on any atom is -0.352 e. The van der Waals surface area contributed by atoms with Crippen LogP contribution < -0.4 is 10.6 Å². The van der Waals surface area contributed by atoms with Gasteiger partial charge in [-0.3, -0.25) is 14.5 Å². The summed E-state index contributed by atoms with van der Waals surface area (Å²) in [6.45, 7) is 6.18. The number of aromatic nitrogens is 2. The number of piperazine rings is 1. The van der Waals surface area contributed by atoms with Crippen molar-refractivity contribution in [2.24, 2.45) is 0 Å². The van der Waals surface area contributed by atoms with Crippen LogP contribution in [-0.2, 0) is 9.59 Å². The topological polar surface area (TPSA) is 93.7 Å². The van der Waals surface area contributed by atoms with Crippen molar-refractivity contribution in [1.82, 2.24) is 24.7 Å². The van der Waals surface area contributed by atoms with Crippen LogP contribution in [0.25, 0.3) is 20.4 Å². The Kier molecular flexibility index (Phi) is 6.93. The standard InChI is InChI=1S/C26H35N7O2S2/c1-16-23-19(36-25(29-23)27-14-21(34)31(2)17-7-8-17)13-20-24(16)30-26(37-20)28-15-22(35)33-11-9-32(10-12-33)18-5-3-4-6-18/h13,17-18H,3-12,14-15H2,1-2H3,(H,27,29)(H,28,30). The number of rotatable bonds is 8. The lowest BCUT2D eigenvalue weighted by Crippen LogP contribution is -2.52. The fraction of sp³-hybridized carbons (Fsp3) is 0.615. The van der Waals surface area contributed by atoms with E-state index in [1.54, 1.807) is 22.7 Å². The molecule has 37 heavy (non-hydrogen) atoms. The van der Waals surface area contributed by atoms with Crippen LogP contribution in [0.5, 0.6) is 0 Å². The van der Waals surface area contributed by atoms with Gasteiger partial charge in [-0.1, -0.05) is 35.5 Å². The number of hydrogen-bond acceptors (Lipinski definition) is 9. The van der Waals surface area contributed by atoms with Crippen LogP contribution in [0.4, 0.5) is 10.3 Å². The zero-order valence-electron chi connectivity index (χ0n) is 21.6. The number of aryl methyl sites for hydroxylation is 1. The lowest BCUT2D eigenvalue weighted by molar-refractivity contribution is -0.131. The van der Waals surface area contributed by atoms with Gasteiger partial charge in [0.1, 0.15) is 0 Å². The maximum Gasteiger partial charge on any atom is 0.242 e. The molecule has 3 fully saturated rings. The van der Waals surface area contributed by atoms with Crippen LogP contribution in [0, 0.1) is 6.92 Å². The van der Waals surface area contributed by atoms with Gasteiger partial charge in [0.2, 0.25) is 11.8 Å². The highest BCUT2D eigenvalue weighted by Crippen LogP contribution is 2.37. The Morgan fingerprint density at radius 2 is 1.54 bits per heavy atom. The van der Waals surface area contributed by atoms with Gasteiger partial charge in [-0.15, -0.1) is 0 Å². The van der Waals surface area contributed by atoms with Gasteiger partial charge in [0.25, 0.3) is 0 Å². The second kappa shape index (κ2) is 10.3. The number of hydrogen-bond donors (Lipinski definition) is 2. The molecule has 2 aromatic heterocycles. The average Bonchev–Trinajstić information content (AvgIpc) is 3.28. The van der Waals surface area contributed by atoms with Crippen LogP contribution in [0.3, 0.4) is 0 Å². The molecule has 0 bridgehead atoms. The molecule has 198 valence electrons. The van der Waals surface area contributed by atoms with Crippen molar-refractivity contribution in [1.29, 1.82) is 0 Å². The predicted octanol–water partition coefficient (Wildman–Crippen LogP) is 3.75. The molecule has 0 unspecified atom stereocenters. The van der Waals surface area contributed by atoms with Crippen molar-refractivity contribution in [2.45, 2.75) is 57.5 Å². The first-order chi connectivity index (χ1) is 18.0. The summed E-state index contributed by atoms with van der Waals surface area (Å²) in [7, 11) is 1.88. The second-order valence-corrected chi connectivity index (χ2v) is 12.6. The molecular weight excluding hydrogens is 506 g/mol. The molecule has 1 aliphatic heterocycles. The highest BCUT2D eigenvalue weighted by Gasteiger charge is 2.30. The predicted molar refractivity (Wildman–Crippen MR) is 151 cm³/mol. The molecule has 3 aliphatic rings. The molecule has 1 aromatic carbocycles. The Morgan fingerprint density at radius 3 is 2.14 bits per heavy atom.